The van der Waals surface area contributed by atoms with Gasteiger partial charge in [0, 0.05) is 5.97 Å². The lowest BCUT2D eigenvalue weighted by molar-refractivity contribution is -0.910. The summed E-state index contributed by atoms with van der Waals surface area (Å²) in [5.74, 6) is -0.943. The molecule has 0 unspecified atom stereocenters. The van der Waals surface area contributed by atoms with Crippen LogP contribution >= 0.6 is 0 Å². The van der Waals surface area contributed by atoms with Gasteiger partial charge in [0.15, 0.2) is 0 Å². The van der Waals surface area contributed by atoms with E-state index in [1.807, 2.05) is 6.92 Å². The van der Waals surface area contributed by atoms with Crippen LogP contribution in [0, 0.1) is 0 Å². The molecule has 0 N–H and O–H groups in total. The molecular formula is C33H69NO2. The van der Waals surface area contributed by atoms with E-state index >= 15 is 0 Å². The van der Waals surface area contributed by atoms with Gasteiger partial charge in [0.05, 0.1) is 26.7 Å². The number of carbonyl (C=O) groups is 1. The standard InChI is InChI=1S/C28H60N.C5H10O2/c1-5-8-11-14-17-20-23-26-29(4,27-24-21-18-15-12-9-6-2)28-25-22-19-16-13-10-7-3;1-2-3-4-5(6)7/h5-28H2,1-4H3;2-4H2,1H3,(H,6,7)/q+1;/p-1. The number of carbonyl (C=O) groups excluding carboxylic acids is 1. The Hall–Kier alpha value is -0.570. The van der Waals surface area contributed by atoms with E-state index in [0.717, 1.165) is 12.8 Å². The van der Waals surface area contributed by atoms with Crippen molar-refractivity contribution in [1.82, 2.24) is 0 Å². The van der Waals surface area contributed by atoms with Gasteiger partial charge < -0.3 is 14.4 Å². The highest BCUT2D eigenvalue weighted by Crippen LogP contribution is 2.16. The zero-order valence-corrected chi connectivity index (χ0v) is 25.9. The van der Waals surface area contributed by atoms with Crippen LogP contribution in [0.3, 0.4) is 0 Å². The fourth-order valence-corrected chi connectivity index (χ4v) is 5.01. The number of carboxylic acid groups (broad SMARTS) is 1. The summed E-state index contributed by atoms with van der Waals surface area (Å²) in [6, 6.07) is 0. The third-order valence-electron chi connectivity index (χ3n) is 7.64. The minimum Gasteiger partial charge on any atom is -0.550 e. The Morgan fingerprint density at radius 2 is 0.694 bits per heavy atom. The number of carboxylic acids is 1. The average molecular weight is 512 g/mol. The van der Waals surface area contributed by atoms with Gasteiger partial charge in [-0.1, -0.05) is 130 Å². The van der Waals surface area contributed by atoms with Crippen LogP contribution in [-0.4, -0.2) is 37.1 Å². The Morgan fingerprint density at radius 3 is 0.917 bits per heavy atom. The van der Waals surface area contributed by atoms with Crippen LogP contribution in [-0.2, 0) is 4.79 Å². The summed E-state index contributed by atoms with van der Waals surface area (Å²) in [6.45, 7) is 13.2. The topological polar surface area (TPSA) is 40.1 Å². The van der Waals surface area contributed by atoms with E-state index in [2.05, 4.69) is 27.8 Å². The van der Waals surface area contributed by atoms with E-state index in [9.17, 15) is 9.90 Å². The van der Waals surface area contributed by atoms with Gasteiger partial charge in [-0.25, -0.2) is 0 Å². The Bertz CT molecular complexity index is 378. The van der Waals surface area contributed by atoms with Crippen LogP contribution in [0.1, 0.15) is 182 Å². The van der Waals surface area contributed by atoms with Crippen molar-refractivity contribution in [2.45, 2.75) is 182 Å². The Labute approximate surface area is 228 Å². The smallest absolute Gasteiger partial charge is 0.0784 e. The van der Waals surface area contributed by atoms with E-state index in [4.69, 9.17) is 0 Å². The molecule has 0 saturated heterocycles. The van der Waals surface area contributed by atoms with Gasteiger partial charge >= 0.3 is 0 Å². The summed E-state index contributed by atoms with van der Waals surface area (Å²) in [7, 11) is 2.57. The molecule has 0 atom stereocenters. The van der Waals surface area contributed by atoms with Crippen molar-refractivity contribution in [2.75, 3.05) is 26.7 Å². The second kappa shape index (κ2) is 30.7. The molecule has 36 heavy (non-hydrogen) atoms. The number of unbranched alkanes of at least 4 members (excludes halogenated alkanes) is 19. The number of nitrogens with zero attached hydrogens (tertiary/aromatic N) is 1. The van der Waals surface area contributed by atoms with E-state index < -0.39 is 5.97 Å². The molecule has 0 heterocycles. The SMILES string of the molecule is CCCCC(=O)[O-].CCCCCCCCC[N+](C)(CCCCCCCCC)CCCCCCCCC. The van der Waals surface area contributed by atoms with Gasteiger partial charge in [-0.2, -0.15) is 0 Å². The first kappa shape index (κ1) is 37.6. The molecule has 0 aliphatic carbocycles. The highest BCUT2D eigenvalue weighted by molar-refractivity contribution is 5.63. The molecule has 0 saturated carbocycles. The summed E-state index contributed by atoms with van der Waals surface area (Å²) in [6.07, 6.45) is 32.2. The van der Waals surface area contributed by atoms with E-state index in [1.54, 1.807) is 0 Å². The molecular weight excluding hydrogens is 442 g/mol. The summed E-state index contributed by atoms with van der Waals surface area (Å²) in [5, 5.41) is 9.65. The summed E-state index contributed by atoms with van der Waals surface area (Å²) in [5.41, 5.74) is 0. The van der Waals surface area contributed by atoms with E-state index in [-0.39, 0.29) is 6.42 Å². The fraction of sp³-hybridized carbons (Fsp3) is 0.970. The van der Waals surface area contributed by atoms with Gasteiger partial charge in [0.25, 0.3) is 0 Å². The second-order valence-electron chi connectivity index (χ2n) is 11.6. The van der Waals surface area contributed by atoms with Crippen LogP contribution in [0.5, 0.6) is 0 Å². The zero-order valence-electron chi connectivity index (χ0n) is 25.9. The van der Waals surface area contributed by atoms with E-state index in [1.165, 1.54) is 159 Å². The molecule has 0 amide bonds. The maximum absolute atomic E-state index is 9.65. The van der Waals surface area contributed by atoms with Crippen molar-refractivity contribution < 1.29 is 14.4 Å². The fourth-order valence-electron chi connectivity index (χ4n) is 5.01. The second-order valence-corrected chi connectivity index (χ2v) is 11.6. The van der Waals surface area contributed by atoms with Crippen molar-refractivity contribution in [1.29, 1.82) is 0 Å². The van der Waals surface area contributed by atoms with Crippen molar-refractivity contribution >= 4 is 5.97 Å². The lowest BCUT2D eigenvalue weighted by Crippen LogP contribution is -2.46. The largest absolute Gasteiger partial charge is 0.550 e. The van der Waals surface area contributed by atoms with Gasteiger partial charge in [-0.15, -0.1) is 0 Å². The number of rotatable bonds is 27. The molecule has 0 radical (unpaired) electrons. The molecule has 0 bridgehead atoms. The molecule has 0 spiro atoms. The molecule has 3 nitrogen and oxygen atoms in total. The van der Waals surface area contributed by atoms with E-state index in [0.29, 0.717) is 0 Å². The normalized spacial score (nSPS) is 11.4. The third kappa shape index (κ3) is 31.5. The number of aliphatic carboxylic acids is 1. The highest BCUT2D eigenvalue weighted by atomic mass is 16.4. The quantitative estimate of drug-likeness (QED) is 0.0813. The molecule has 3 heteroatoms. The molecule has 0 aromatic rings. The van der Waals surface area contributed by atoms with Crippen molar-refractivity contribution in [3.63, 3.8) is 0 Å². The lowest BCUT2D eigenvalue weighted by atomic mass is 10.1. The summed E-state index contributed by atoms with van der Waals surface area (Å²) >= 11 is 0. The minimum atomic E-state index is -0.943. The first-order chi connectivity index (χ1) is 17.5. The maximum Gasteiger partial charge on any atom is 0.0784 e. The summed E-state index contributed by atoms with van der Waals surface area (Å²) < 4.78 is 1.36. The van der Waals surface area contributed by atoms with Gasteiger partial charge in [-0.3, -0.25) is 0 Å². The molecule has 0 aliphatic rings. The number of hydrogen-bond donors (Lipinski definition) is 0. The van der Waals surface area contributed by atoms with Crippen molar-refractivity contribution in [3.05, 3.63) is 0 Å². The number of quaternary nitrogens is 1. The molecule has 0 aromatic heterocycles. The molecule has 0 aromatic carbocycles. The van der Waals surface area contributed by atoms with Gasteiger partial charge in [0.2, 0.25) is 0 Å². The predicted octanol–water partition coefficient (Wildman–Crippen LogP) is 9.61. The van der Waals surface area contributed by atoms with Crippen LogP contribution in [0.15, 0.2) is 0 Å². The highest BCUT2D eigenvalue weighted by Gasteiger charge is 2.20. The molecule has 0 aliphatic heterocycles. The van der Waals surface area contributed by atoms with Crippen LogP contribution in [0.4, 0.5) is 0 Å². The van der Waals surface area contributed by atoms with Gasteiger partial charge in [-0.05, 0) is 51.4 Å². The van der Waals surface area contributed by atoms with Crippen LogP contribution < -0.4 is 5.11 Å². The molecule has 0 fully saturated rings. The maximum atomic E-state index is 9.65. The Balaban J connectivity index is 0. The Kier molecular flexibility index (Phi) is 32.0. The minimum absolute atomic E-state index is 0.205. The monoisotopic (exact) mass is 512 g/mol. The van der Waals surface area contributed by atoms with Crippen LogP contribution in [0.25, 0.3) is 0 Å². The summed E-state index contributed by atoms with van der Waals surface area (Å²) in [4.78, 5) is 9.65. The average Bonchev–Trinajstić information content (AvgIpc) is 2.86. The van der Waals surface area contributed by atoms with Crippen LogP contribution in [0.2, 0.25) is 0 Å². The number of hydrogen-bond acceptors (Lipinski definition) is 2. The lowest BCUT2D eigenvalue weighted by Gasteiger charge is -2.35. The Morgan fingerprint density at radius 1 is 0.444 bits per heavy atom. The first-order valence-electron chi connectivity index (χ1n) is 16.5. The van der Waals surface area contributed by atoms with Gasteiger partial charge in [0.1, 0.15) is 0 Å². The molecule has 218 valence electrons. The van der Waals surface area contributed by atoms with Crippen molar-refractivity contribution in [3.8, 4) is 0 Å². The van der Waals surface area contributed by atoms with Crippen molar-refractivity contribution in [2.24, 2.45) is 0 Å². The molecule has 0 rings (SSSR count). The zero-order chi connectivity index (χ0) is 27.2. The first-order valence-corrected chi connectivity index (χ1v) is 16.5. The third-order valence-corrected chi connectivity index (χ3v) is 7.64. The predicted molar refractivity (Wildman–Crippen MR) is 159 cm³/mol.